The summed E-state index contributed by atoms with van der Waals surface area (Å²) >= 11 is 0. The van der Waals surface area contributed by atoms with Crippen molar-refractivity contribution in [1.29, 1.82) is 0 Å². The number of nitrogens with zero attached hydrogens (tertiary/aromatic N) is 2. The van der Waals surface area contributed by atoms with Crippen LogP contribution in [0.15, 0.2) is 18.2 Å². The molecule has 0 amide bonds. The number of rotatable bonds is 2. The molecule has 0 radical (unpaired) electrons. The maximum absolute atomic E-state index is 11.7. The van der Waals surface area contributed by atoms with E-state index in [2.05, 4.69) is 16.5 Å². The summed E-state index contributed by atoms with van der Waals surface area (Å²) in [4.78, 5) is 16.4. The van der Waals surface area contributed by atoms with Gasteiger partial charge in [-0.2, -0.15) is 0 Å². The van der Waals surface area contributed by atoms with Crippen molar-refractivity contribution >= 4 is 17.0 Å². The Balaban J connectivity index is 2.08. The van der Waals surface area contributed by atoms with E-state index in [1.54, 1.807) is 0 Å². The number of benzene rings is 1. The Bertz CT molecular complexity index is 630. The highest BCUT2D eigenvalue weighted by Crippen LogP contribution is 2.29. The zero-order valence-corrected chi connectivity index (χ0v) is 11.3. The molecule has 0 unspecified atom stereocenters. The van der Waals surface area contributed by atoms with Crippen molar-refractivity contribution in [3.8, 4) is 0 Å². The van der Waals surface area contributed by atoms with Gasteiger partial charge < -0.3 is 9.30 Å². The van der Waals surface area contributed by atoms with Gasteiger partial charge >= 0.3 is 5.97 Å². The van der Waals surface area contributed by atoms with Crippen LogP contribution < -0.4 is 0 Å². The van der Waals surface area contributed by atoms with Gasteiger partial charge in [-0.15, -0.1) is 0 Å². The van der Waals surface area contributed by atoms with Crippen molar-refractivity contribution in [3.05, 3.63) is 29.6 Å². The minimum atomic E-state index is -0.275. The van der Waals surface area contributed by atoms with Crippen molar-refractivity contribution < 1.29 is 9.53 Å². The summed E-state index contributed by atoms with van der Waals surface area (Å²) in [6, 6.07) is 6.14. The summed E-state index contributed by atoms with van der Waals surface area (Å²) < 4.78 is 7.33. The van der Waals surface area contributed by atoms with Crippen LogP contribution in [0.25, 0.3) is 11.0 Å². The number of imidazole rings is 1. The Hall–Kier alpha value is -1.84. The zero-order valence-electron chi connectivity index (χ0n) is 11.3. The third-order valence-corrected chi connectivity index (χ3v) is 3.74. The average Bonchev–Trinajstić information content (AvgIpc) is 2.77. The monoisotopic (exact) mass is 258 g/mol. The van der Waals surface area contributed by atoms with Crippen molar-refractivity contribution in [3.63, 3.8) is 0 Å². The van der Waals surface area contributed by atoms with Gasteiger partial charge in [0.1, 0.15) is 5.82 Å². The summed E-state index contributed by atoms with van der Waals surface area (Å²) in [5.74, 6) is 0.859. The number of carbonyl (C=O) groups excluding carboxylic acids is 1. The lowest BCUT2D eigenvalue weighted by atomic mass is 10.1. The van der Waals surface area contributed by atoms with Crippen LogP contribution in [0.4, 0.5) is 0 Å². The molecule has 1 aromatic carbocycles. The van der Waals surface area contributed by atoms with E-state index in [1.165, 1.54) is 12.8 Å². The molecule has 0 aliphatic carbocycles. The van der Waals surface area contributed by atoms with Crippen molar-refractivity contribution in [2.24, 2.45) is 0 Å². The van der Waals surface area contributed by atoms with E-state index in [0.717, 1.165) is 23.3 Å². The van der Waals surface area contributed by atoms with Gasteiger partial charge in [0, 0.05) is 12.5 Å². The highest BCUT2D eigenvalue weighted by Gasteiger charge is 2.20. The Labute approximate surface area is 112 Å². The first-order valence-electron chi connectivity index (χ1n) is 6.88. The second-order valence-corrected chi connectivity index (χ2v) is 5.06. The largest absolute Gasteiger partial charge is 0.462 e. The van der Waals surface area contributed by atoms with Gasteiger partial charge in [-0.25, -0.2) is 9.78 Å². The summed E-state index contributed by atoms with van der Waals surface area (Å²) in [7, 11) is 0. The summed E-state index contributed by atoms with van der Waals surface area (Å²) in [6.07, 6.45) is 3.40. The minimum Gasteiger partial charge on any atom is -0.462 e. The maximum atomic E-state index is 11.7. The molecule has 0 spiro atoms. The number of hydrogen-bond donors (Lipinski definition) is 0. The molecule has 19 heavy (non-hydrogen) atoms. The molecular weight excluding hydrogens is 240 g/mol. The fourth-order valence-corrected chi connectivity index (χ4v) is 2.84. The number of fused-ring (bicyclic) bond motifs is 3. The highest BCUT2D eigenvalue weighted by molar-refractivity contribution is 5.93. The van der Waals surface area contributed by atoms with Crippen molar-refractivity contribution in [2.45, 2.75) is 39.2 Å². The van der Waals surface area contributed by atoms with Gasteiger partial charge in [0.25, 0.3) is 0 Å². The fraction of sp³-hybridized carbons (Fsp3) is 0.467. The lowest BCUT2D eigenvalue weighted by molar-refractivity contribution is 0.0526. The molecule has 1 aromatic heterocycles. The smallest absolute Gasteiger partial charge is 0.338 e. The number of hydrogen-bond acceptors (Lipinski definition) is 3. The van der Waals surface area contributed by atoms with E-state index in [1.807, 2.05) is 25.1 Å². The van der Waals surface area contributed by atoms with Gasteiger partial charge in [0.2, 0.25) is 0 Å². The fourth-order valence-electron chi connectivity index (χ4n) is 2.84. The molecule has 100 valence electrons. The molecular formula is C15H18N2O2. The van der Waals surface area contributed by atoms with Crippen LogP contribution in [-0.4, -0.2) is 22.1 Å². The van der Waals surface area contributed by atoms with Crippen LogP contribution in [0.5, 0.6) is 0 Å². The Morgan fingerprint density at radius 2 is 2.37 bits per heavy atom. The molecule has 0 bridgehead atoms. The first-order valence-corrected chi connectivity index (χ1v) is 6.88. The van der Waals surface area contributed by atoms with E-state index in [4.69, 9.17) is 4.74 Å². The third kappa shape index (κ3) is 2.01. The molecule has 3 rings (SSSR count). The third-order valence-electron chi connectivity index (χ3n) is 3.74. The van der Waals surface area contributed by atoms with Crippen LogP contribution >= 0.6 is 0 Å². The normalized spacial score (nSPS) is 18.3. The van der Waals surface area contributed by atoms with Gasteiger partial charge in [-0.05, 0) is 44.9 Å². The molecule has 4 nitrogen and oxygen atoms in total. The first-order chi connectivity index (χ1) is 9.20. The summed E-state index contributed by atoms with van der Waals surface area (Å²) in [5, 5.41) is 0. The van der Waals surface area contributed by atoms with Crippen LogP contribution in [-0.2, 0) is 11.2 Å². The number of esters is 1. The van der Waals surface area contributed by atoms with Gasteiger partial charge in [-0.3, -0.25) is 0 Å². The molecule has 2 aromatic rings. The number of aromatic nitrogens is 2. The van der Waals surface area contributed by atoms with Crippen molar-refractivity contribution in [1.82, 2.24) is 9.55 Å². The zero-order chi connectivity index (χ0) is 13.4. The van der Waals surface area contributed by atoms with E-state index < -0.39 is 0 Å². The first kappa shape index (κ1) is 12.2. The standard InChI is InChI=1S/C15H18N2O2/c1-3-19-15(18)11-7-8-13-12(9-11)16-14-6-4-5-10(2)17(13)14/h7-10H,3-6H2,1-2H3/t10-/m0/s1. The summed E-state index contributed by atoms with van der Waals surface area (Å²) in [5.41, 5.74) is 2.60. The van der Waals surface area contributed by atoms with E-state index in [0.29, 0.717) is 18.2 Å². The average molecular weight is 258 g/mol. The Morgan fingerprint density at radius 1 is 1.53 bits per heavy atom. The molecule has 0 saturated carbocycles. The van der Waals surface area contributed by atoms with Crippen LogP contribution in [0, 0.1) is 0 Å². The molecule has 1 aliphatic rings. The van der Waals surface area contributed by atoms with E-state index >= 15 is 0 Å². The van der Waals surface area contributed by atoms with Gasteiger partial charge in [-0.1, -0.05) is 0 Å². The highest BCUT2D eigenvalue weighted by atomic mass is 16.5. The van der Waals surface area contributed by atoms with E-state index in [-0.39, 0.29) is 5.97 Å². The Morgan fingerprint density at radius 3 is 3.16 bits per heavy atom. The molecule has 2 heterocycles. The van der Waals surface area contributed by atoms with Crippen molar-refractivity contribution in [2.75, 3.05) is 6.61 Å². The molecule has 0 saturated heterocycles. The van der Waals surface area contributed by atoms with E-state index in [9.17, 15) is 4.79 Å². The number of carbonyl (C=O) groups is 1. The second-order valence-electron chi connectivity index (χ2n) is 5.06. The minimum absolute atomic E-state index is 0.275. The predicted octanol–water partition coefficient (Wildman–Crippen LogP) is 3.11. The van der Waals surface area contributed by atoms with Gasteiger partial charge in [0.15, 0.2) is 0 Å². The molecule has 0 fully saturated rings. The van der Waals surface area contributed by atoms with Crippen LogP contribution in [0.1, 0.15) is 48.9 Å². The lowest BCUT2D eigenvalue weighted by Crippen LogP contribution is -2.14. The lowest BCUT2D eigenvalue weighted by Gasteiger charge is -2.22. The maximum Gasteiger partial charge on any atom is 0.338 e. The van der Waals surface area contributed by atoms with Crippen LogP contribution in [0.3, 0.4) is 0 Å². The molecule has 1 atom stereocenters. The number of ether oxygens (including phenoxy) is 1. The van der Waals surface area contributed by atoms with Gasteiger partial charge in [0.05, 0.1) is 23.2 Å². The Kier molecular flexibility index (Phi) is 3.01. The molecule has 1 aliphatic heterocycles. The topological polar surface area (TPSA) is 44.1 Å². The number of aryl methyl sites for hydroxylation is 1. The SMILES string of the molecule is CCOC(=O)c1ccc2c(c1)nc1n2[C@@H](C)CCC1. The summed E-state index contributed by atoms with van der Waals surface area (Å²) in [6.45, 7) is 4.43. The quantitative estimate of drug-likeness (QED) is 0.777. The molecule has 0 N–H and O–H groups in total. The second kappa shape index (κ2) is 4.68. The predicted molar refractivity (Wildman–Crippen MR) is 73.3 cm³/mol. The van der Waals surface area contributed by atoms with Crippen LogP contribution in [0.2, 0.25) is 0 Å². The molecule has 4 heteroatoms.